The Kier molecular flexibility index (Phi) is 7.76. The Morgan fingerprint density at radius 2 is 1.63 bits per heavy atom. The number of nitrogens with one attached hydrogen (secondary N) is 1. The van der Waals surface area contributed by atoms with Gasteiger partial charge in [0.05, 0.1) is 40.8 Å². The molecule has 30 heavy (non-hydrogen) atoms. The first-order chi connectivity index (χ1) is 14.0. The zero-order valence-electron chi connectivity index (χ0n) is 16.3. The number of benzene rings is 2. The molecular formula is C21H22BrCl2N4O2-. The number of rotatable bonds is 6. The third-order valence-corrected chi connectivity index (χ3v) is 6.00. The summed E-state index contributed by atoms with van der Waals surface area (Å²) in [7, 11) is 0. The summed E-state index contributed by atoms with van der Waals surface area (Å²) in [4.78, 5) is 15.2. The number of aromatic nitrogens is 2. The topological polar surface area (TPSA) is 63.2 Å². The van der Waals surface area contributed by atoms with Crippen molar-refractivity contribution in [2.45, 2.75) is 13.1 Å². The number of nitrogens with zero attached hydrogens (tertiary/aromatic N) is 3. The summed E-state index contributed by atoms with van der Waals surface area (Å²) in [6.45, 7) is 4.91. The highest BCUT2D eigenvalue weighted by Crippen LogP contribution is 2.23. The van der Waals surface area contributed by atoms with E-state index in [4.69, 9.17) is 33.3 Å². The first kappa shape index (κ1) is 23.0. The Hall–Kier alpha value is -1.64. The predicted octanol–water partition coefficient (Wildman–Crippen LogP) is 0.448. The molecule has 1 fully saturated rings. The molecule has 1 aliphatic heterocycles. The van der Waals surface area contributed by atoms with Gasteiger partial charge in [0, 0.05) is 31.7 Å². The maximum atomic E-state index is 12.9. The molecular weight excluding hydrogens is 491 g/mol. The first-order valence-corrected chi connectivity index (χ1v) is 10.3. The van der Waals surface area contributed by atoms with Crippen LogP contribution in [-0.4, -0.2) is 52.7 Å². The van der Waals surface area contributed by atoms with Crippen LogP contribution in [0.4, 0.5) is 0 Å². The average molecular weight is 513 g/mol. The van der Waals surface area contributed by atoms with Crippen LogP contribution in [0.2, 0.25) is 10.0 Å². The maximum Gasteiger partial charge on any atom is 0.203 e. The van der Waals surface area contributed by atoms with Crippen molar-refractivity contribution < 1.29 is 26.5 Å². The lowest BCUT2D eigenvalue weighted by Crippen LogP contribution is -3.00. The van der Waals surface area contributed by atoms with Gasteiger partial charge >= 0.3 is 0 Å². The molecule has 0 unspecified atom stereocenters. The average Bonchev–Trinajstić information content (AvgIpc) is 3.00. The fraction of sp³-hybridized carbons (Fsp3) is 0.333. The van der Waals surface area contributed by atoms with Gasteiger partial charge in [-0.3, -0.25) is 15.1 Å². The molecule has 2 aromatic carbocycles. The third-order valence-electron chi connectivity index (χ3n) is 5.26. The second-order valence-corrected chi connectivity index (χ2v) is 7.87. The Balaban J connectivity index is 0.00000256. The number of para-hydroxylation sites is 2. The van der Waals surface area contributed by atoms with Crippen LogP contribution >= 0.6 is 23.2 Å². The largest absolute Gasteiger partial charge is 1.00 e. The molecule has 1 aliphatic rings. The van der Waals surface area contributed by atoms with E-state index in [2.05, 4.69) is 4.90 Å². The van der Waals surface area contributed by atoms with Crippen LogP contribution in [0.5, 0.6) is 0 Å². The van der Waals surface area contributed by atoms with Gasteiger partial charge in [-0.05, 0) is 30.3 Å². The number of morpholine rings is 1. The van der Waals surface area contributed by atoms with Crippen molar-refractivity contribution in [1.82, 2.24) is 14.0 Å². The van der Waals surface area contributed by atoms with Crippen LogP contribution in [-0.2, 0) is 17.8 Å². The van der Waals surface area contributed by atoms with Crippen molar-refractivity contribution in [1.29, 1.82) is 5.41 Å². The van der Waals surface area contributed by atoms with Crippen LogP contribution in [0.15, 0.2) is 42.5 Å². The van der Waals surface area contributed by atoms with Crippen LogP contribution < -0.4 is 22.6 Å². The number of carbonyl (C=O) groups excluding carboxylic acids is 1. The molecule has 0 saturated carbocycles. The quantitative estimate of drug-likeness (QED) is 0.488. The molecule has 0 radical (unpaired) electrons. The number of hydrogen-bond acceptors (Lipinski definition) is 4. The number of Topliss-reactive ketones (excluding diaryl/α,β-unsaturated/α-hetero) is 1. The lowest BCUT2D eigenvalue weighted by Gasteiger charge is -2.26. The van der Waals surface area contributed by atoms with E-state index < -0.39 is 0 Å². The van der Waals surface area contributed by atoms with Gasteiger partial charge in [0.15, 0.2) is 5.78 Å². The number of carbonyl (C=O) groups is 1. The molecule has 1 N–H and O–H groups in total. The molecule has 0 spiro atoms. The minimum absolute atomic E-state index is 0. The highest BCUT2D eigenvalue weighted by molar-refractivity contribution is 6.42. The highest BCUT2D eigenvalue weighted by atomic mass is 79.9. The van der Waals surface area contributed by atoms with E-state index in [0.717, 1.165) is 43.9 Å². The summed E-state index contributed by atoms with van der Waals surface area (Å²) in [5.41, 5.74) is 2.62. The minimum atomic E-state index is -0.113. The predicted molar refractivity (Wildman–Crippen MR) is 114 cm³/mol. The standard InChI is InChI=1S/C21H22Cl2N4O2.BrH/c22-16-6-5-15(13-17(16)23)20(28)14-27-19-4-2-1-3-18(19)26(21(27)24)8-7-25-9-11-29-12-10-25;/h1-6,13,24H,7-12,14H2;1H/p-1. The molecule has 0 amide bonds. The Morgan fingerprint density at radius 1 is 0.967 bits per heavy atom. The number of fused-ring (bicyclic) bond motifs is 1. The molecule has 9 heteroatoms. The molecule has 0 bridgehead atoms. The number of ketones is 1. The summed E-state index contributed by atoms with van der Waals surface area (Å²) in [6, 6.07) is 12.7. The van der Waals surface area contributed by atoms with Gasteiger partial charge in [0.2, 0.25) is 5.62 Å². The molecule has 6 nitrogen and oxygen atoms in total. The molecule has 0 aliphatic carbocycles. The molecule has 3 aromatic rings. The highest BCUT2D eigenvalue weighted by Gasteiger charge is 2.17. The van der Waals surface area contributed by atoms with E-state index in [-0.39, 0.29) is 29.3 Å². The second kappa shape index (κ2) is 10.1. The maximum absolute atomic E-state index is 12.9. The lowest BCUT2D eigenvalue weighted by molar-refractivity contribution is -0.0000153. The number of halogens is 3. The van der Waals surface area contributed by atoms with Crippen molar-refractivity contribution in [2.24, 2.45) is 0 Å². The molecule has 4 rings (SSSR count). The van der Waals surface area contributed by atoms with Crippen molar-refractivity contribution >= 4 is 40.0 Å². The van der Waals surface area contributed by atoms with Gasteiger partial charge < -0.3 is 30.9 Å². The molecule has 0 atom stereocenters. The molecule has 2 heterocycles. The van der Waals surface area contributed by atoms with E-state index in [0.29, 0.717) is 27.8 Å². The summed E-state index contributed by atoms with van der Waals surface area (Å²) in [5.74, 6) is -0.113. The lowest BCUT2D eigenvalue weighted by atomic mass is 10.1. The Bertz CT molecular complexity index is 1110. The zero-order valence-corrected chi connectivity index (χ0v) is 19.4. The first-order valence-electron chi connectivity index (χ1n) is 9.55. The van der Waals surface area contributed by atoms with Crippen molar-refractivity contribution in [2.75, 3.05) is 32.8 Å². The Morgan fingerprint density at radius 3 is 2.30 bits per heavy atom. The summed E-state index contributed by atoms with van der Waals surface area (Å²) >= 11 is 12.0. The van der Waals surface area contributed by atoms with Crippen LogP contribution in [0.25, 0.3) is 11.0 Å². The van der Waals surface area contributed by atoms with Crippen molar-refractivity contribution in [3.63, 3.8) is 0 Å². The number of ether oxygens (including phenoxy) is 1. The molecule has 1 aromatic heterocycles. The third kappa shape index (κ3) is 4.81. The Labute approximate surface area is 195 Å². The van der Waals surface area contributed by atoms with Crippen molar-refractivity contribution in [3.8, 4) is 0 Å². The smallest absolute Gasteiger partial charge is 0.203 e. The van der Waals surface area contributed by atoms with Gasteiger partial charge in [-0.2, -0.15) is 0 Å². The van der Waals surface area contributed by atoms with Crippen LogP contribution in [0.1, 0.15) is 10.4 Å². The van der Waals surface area contributed by atoms with E-state index in [1.807, 2.05) is 28.8 Å². The molecule has 160 valence electrons. The van der Waals surface area contributed by atoms with Gasteiger partial charge in [-0.25, -0.2) is 0 Å². The number of hydrogen-bond donors (Lipinski definition) is 1. The van der Waals surface area contributed by atoms with E-state index in [1.54, 1.807) is 22.8 Å². The summed E-state index contributed by atoms with van der Waals surface area (Å²) in [5, 5.41) is 9.47. The normalized spacial score (nSPS) is 14.6. The van der Waals surface area contributed by atoms with E-state index in [9.17, 15) is 4.79 Å². The SMILES string of the molecule is N=c1n(CCN2CCOCC2)c2ccccc2n1CC(=O)c1ccc(Cl)c(Cl)c1.[Br-]. The van der Waals surface area contributed by atoms with E-state index in [1.165, 1.54) is 0 Å². The summed E-state index contributed by atoms with van der Waals surface area (Å²) < 4.78 is 9.12. The van der Waals surface area contributed by atoms with Crippen LogP contribution in [0, 0.1) is 5.41 Å². The van der Waals surface area contributed by atoms with Gasteiger partial charge in [-0.1, -0.05) is 35.3 Å². The van der Waals surface area contributed by atoms with Crippen molar-refractivity contribution in [3.05, 3.63) is 63.7 Å². The van der Waals surface area contributed by atoms with Gasteiger partial charge in [0.25, 0.3) is 0 Å². The second-order valence-electron chi connectivity index (χ2n) is 7.06. The van der Waals surface area contributed by atoms with E-state index >= 15 is 0 Å². The monoisotopic (exact) mass is 511 g/mol. The fourth-order valence-corrected chi connectivity index (χ4v) is 3.95. The molecule has 1 saturated heterocycles. The number of imidazole rings is 1. The zero-order chi connectivity index (χ0) is 20.4. The summed E-state index contributed by atoms with van der Waals surface area (Å²) in [6.07, 6.45) is 0. The minimum Gasteiger partial charge on any atom is -1.00 e. The van der Waals surface area contributed by atoms with Gasteiger partial charge in [0.1, 0.15) is 0 Å². The fourth-order valence-electron chi connectivity index (χ4n) is 3.65. The van der Waals surface area contributed by atoms with Crippen LogP contribution in [0.3, 0.4) is 0 Å². The van der Waals surface area contributed by atoms with Gasteiger partial charge in [-0.15, -0.1) is 0 Å².